The number of fused-ring (bicyclic) bond motifs is 1. The topological polar surface area (TPSA) is 52.6 Å². The molecule has 3 aromatic rings. The number of benzene rings is 2. The highest BCUT2D eigenvalue weighted by molar-refractivity contribution is 9.10. The van der Waals surface area contributed by atoms with Crippen molar-refractivity contribution in [2.24, 2.45) is 0 Å². The Balaban J connectivity index is 1.64. The minimum absolute atomic E-state index is 0.176. The number of ketones is 1. The summed E-state index contributed by atoms with van der Waals surface area (Å²) in [4.78, 5) is 26.0. The summed E-state index contributed by atoms with van der Waals surface area (Å²) in [6, 6.07) is 14.1. The van der Waals surface area contributed by atoms with Crippen molar-refractivity contribution in [2.45, 2.75) is 6.92 Å². The number of hydrogen-bond acceptors (Lipinski definition) is 5. The van der Waals surface area contributed by atoms with Gasteiger partial charge in [-0.2, -0.15) is 0 Å². The fourth-order valence-corrected chi connectivity index (χ4v) is 3.86. The highest BCUT2D eigenvalue weighted by Crippen LogP contribution is 2.39. The van der Waals surface area contributed by atoms with E-state index in [9.17, 15) is 9.59 Å². The van der Waals surface area contributed by atoms with E-state index in [4.69, 9.17) is 9.47 Å². The Labute approximate surface area is 168 Å². The van der Waals surface area contributed by atoms with Crippen LogP contribution in [0.4, 0.5) is 0 Å². The van der Waals surface area contributed by atoms with E-state index in [1.165, 1.54) is 11.3 Å². The summed E-state index contributed by atoms with van der Waals surface area (Å²) in [5.74, 6) is 0.402. The zero-order valence-electron chi connectivity index (χ0n) is 14.2. The number of Topliss-reactive ketones (excluding diaryl/α,β-unsaturated/α-hetero) is 1. The van der Waals surface area contributed by atoms with E-state index < -0.39 is 5.97 Å². The molecule has 2 heterocycles. The highest BCUT2D eigenvalue weighted by Gasteiger charge is 2.30. The van der Waals surface area contributed by atoms with E-state index in [2.05, 4.69) is 15.9 Å². The Morgan fingerprint density at radius 3 is 2.70 bits per heavy atom. The van der Waals surface area contributed by atoms with E-state index in [0.717, 1.165) is 4.88 Å². The summed E-state index contributed by atoms with van der Waals surface area (Å²) < 4.78 is 12.0. The van der Waals surface area contributed by atoms with Gasteiger partial charge >= 0.3 is 5.97 Å². The Morgan fingerprint density at radius 1 is 1.15 bits per heavy atom. The standard InChI is InChI=1S/C21H13BrO4S/c1-12-17(26-21(24)14-6-2-3-7-16(14)22)9-8-15-19(23)18(25-20(12)15)11-13-5-4-10-27-13/h2-11H,1H3/b18-11-. The number of thiophene rings is 1. The van der Waals surface area contributed by atoms with Gasteiger partial charge in [0.15, 0.2) is 5.76 Å². The predicted octanol–water partition coefficient (Wildman–Crippen LogP) is 5.65. The van der Waals surface area contributed by atoms with Crippen LogP contribution in [0.2, 0.25) is 0 Å². The summed E-state index contributed by atoms with van der Waals surface area (Å²) in [6.07, 6.45) is 1.72. The maximum atomic E-state index is 12.6. The van der Waals surface area contributed by atoms with Gasteiger partial charge in [-0.15, -0.1) is 11.3 Å². The molecule has 0 saturated carbocycles. The largest absolute Gasteiger partial charge is 0.452 e. The van der Waals surface area contributed by atoms with Crippen molar-refractivity contribution in [3.05, 3.63) is 85.7 Å². The van der Waals surface area contributed by atoms with Crippen LogP contribution in [0.5, 0.6) is 11.5 Å². The molecule has 0 bridgehead atoms. The van der Waals surface area contributed by atoms with Crippen molar-refractivity contribution in [3.63, 3.8) is 0 Å². The third kappa shape index (κ3) is 3.34. The van der Waals surface area contributed by atoms with Crippen LogP contribution in [0.3, 0.4) is 0 Å². The van der Waals surface area contributed by atoms with Gasteiger partial charge in [0.25, 0.3) is 0 Å². The maximum absolute atomic E-state index is 12.6. The number of carbonyl (C=O) groups excluding carboxylic acids is 2. The van der Waals surface area contributed by atoms with Gasteiger partial charge in [-0.1, -0.05) is 18.2 Å². The molecule has 2 aromatic carbocycles. The lowest BCUT2D eigenvalue weighted by molar-refractivity contribution is 0.0732. The molecule has 0 atom stereocenters. The molecule has 0 amide bonds. The summed E-state index contributed by atoms with van der Waals surface area (Å²) in [5, 5.41) is 1.93. The van der Waals surface area contributed by atoms with E-state index in [0.29, 0.717) is 32.7 Å². The summed E-state index contributed by atoms with van der Waals surface area (Å²) in [6.45, 7) is 1.77. The van der Waals surface area contributed by atoms with Crippen molar-refractivity contribution in [2.75, 3.05) is 0 Å². The minimum atomic E-state index is -0.482. The Morgan fingerprint density at radius 2 is 1.96 bits per heavy atom. The van der Waals surface area contributed by atoms with Crippen molar-refractivity contribution in [1.82, 2.24) is 0 Å². The molecule has 0 spiro atoms. The molecule has 0 radical (unpaired) electrons. The summed E-state index contributed by atoms with van der Waals surface area (Å²) in [7, 11) is 0. The van der Waals surface area contributed by atoms with Crippen LogP contribution < -0.4 is 9.47 Å². The first kappa shape index (κ1) is 17.7. The summed E-state index contributed by atoms with van der Waals surface area (Å²) in [5.41, 5.74) is 1.50. The second-order valence-corrected chi connectivity index (χ2v) is 7.72. The Bertz CT molecular complexity index is 1080. The first-order valence-corrected chi connectivity index (χ1v) is 9.80. The fourth-order valence-electron chi connectivity index (χ4n) is 2.76. The minimum Gasteiger partial charge on any atom is -0.452 e. The molecular weight excluding hydrogens is 428 g/mol. The van der Waals surface area contributed by atoms with Crippen LogP contribution in [0.1, 0.15) is 31.2 Å². The molecule has 1 aliphatic heterocycles. The quantitative estimate of drug-likeness (QED) is 0.299. The number of esters is 1. The molecule has 134 valence electrons. The van der Waals surface area contributed by atoms with E-state index in [1.54, 1.807) is 43.3 Å². The third-order valence-corrected chi connectivity index (χ3v) is 5.66. The molecule has 0 unspecified atom stereocenters. The van der Waals surface area contributed by atoms with Crippen LogP contribution in [0.25, 0.3) is 6.08 Å². The lowest BCUT2D eigenvalue weighted by Gasteiger charge is -2.10. The predicted molar refractivity (Wildman–Crippen MR) is 108 cm³/mol. The highest BCUT2D eigenvalue weighted by atomic mass is 79.9. The maximum Gasteiger partial charge on any atom is 0.344 e. The van der Waals surface area contributed by atoms with Gasteiger partial charge in [0.1, 0.15) is 11.5 Å². The van der Waals surface area contributed by atoms with Crippen LogP contribution in [-0.4, -0.2) is 11.8 Å². The lowest BCUT2D eigenvalue weighted by atomic mass is 10.1. The fraction of sp³-hybridized carbons (Fsp3) is 0.0476. The third-order valence-electron chi connectivity index (χ3n) is 4.15. The second-order valence-electron chi connectivity index (χ2n) is 5.89. The number of hydrogen-bond donors (Lipinski definition) is 0. The monoisotopic (exact) mass is 440 g/mol. The van der Waals surface area contributed by atoms with Crippen molar-refractivity contribution in [1.29, 1.82) is 0 Å². The van der Waals surface area contributed by atoms with Gasteiger partial charge < -0.3 is 9.47 Å². The molecule has 6 heteroatoms. The van der Waals surface area contributed by atoms with Gasteiger partial charge in [-0.25, -0.2) is 4.79 Å². The first-order chi connectivity index (χ1) is 13.0. The molecule has 0 N–H and O–H groups in total. The molecule has 0 saturated heterocycles. The van der Waals surface area contributed by atoms with Gasteiger partial charge in [-0.05, 0) is 58.6 Å². The van der Waals surface area contributed by atoms with Gasteiger partial charge in [0, 0.05) is 21.0 Å². The van der Waals surface area contributed by atoms with E-state index in [1.807, 2.05) is 23.6 Å². The van der Waals surface area contributed by atoms with Crippen LogP contribution >= 0.6 is 27.3 Å². The molecule has 27 heavy (non-hydrogen) atoms. The molecule has 4 rings (SSSR count). The van der Waals surface area contributed by atoms with Gasteiger partial charge in [0.2, 0.25) is 5.78 Å². The summed E-state index contributed by atoms with van der Waals surface area (Å²) >= 11 is 4.87. The lowest BCUT2D eigenvalue weighted by Crippen LogP contribution is -2.10. The molecular formula is C21H13BrO4S. The van der Waals surface area contributed by atoms with Crippen LogP contribution in [0, 0.1) is 6.92 Å². The number of ether oxygens (including phenoxy) is 2. The van der Waals surface area contributed by atoms with E-state index >= 15 is 0 Å². The molecule has 0 aliphatic carbocycles. The smallest absolute Gasteiger partial charge is 0.344 e. The number of rotatable bonds is 3. The zero-order chi connectivity index (χ0) is 19.0. The first-order valence-electron chi connectivity index (χ1n) is 8.12. The van der Waals surface area contributed by atoms with Gasteiger partial charge in [-0.3, -0.25) is 4.79 Å². The number of halogens is 1. The molecule has 0 fully saturated rings. The van der Waals surface area contributed by atoms with Crippen molar-refractivity contribution in [3.8, 4) is 11.5 Å². The van der Waals surface area contributed by atoms with Gasteiger partial charge in [0.05, 0.1) is 11.1 Å². The normalized spacial score (nSPS) is 14.1. The van der Waals surface area contributed by atoms with Crippen LogP contribution in [-0.2, 0) is 0 Å². The number of allylic oxidation sites excluding steroid dienone is 1. The molecule has 1 aromatic heterocycles. The average molecular weight is 441 g/mol. The molecule has 4 nitrogen and oxygen atoms in total. The second kappa shape index (κ2) is 7.13. The Hall–Kier alpha value is -2.70. The van der Waals surface area contributed by atoms with Crippen molar-refractivity contribution < 1.29 is 19.1 Å². The van der Waals surface area contributed by atoms with Crippen molar-refractivity contribution >= 4 is 45.1 Å². The van der Waals surface area contributed by atoms with E-state index in [-0.39, 0.29) is 11.5 Å². The Kier molecular flexibility index (Phi) is 4.68. The average Bonchev–Trinajstić information content (AvgIpc) is 3.27. The number of carbonyl (C=O) groups is 2. The SMILES string of the molecule is Cc1c(OC(=O)c2ccccc2Br)ccc2c1O/C(=C\c1cccs1)C2=O. The van der Waals surface area contributed by atoms with Crippen LogP contribution in [0.15, 0.2) is 64.1 Å². The molecule has 1 aliphatic rings. The zero-order valence-corrected chi connectivity index (χ0v) is 16.6.